The smallest absolute Gasteiger partial charge is 0.271 e. The van der Waals surface area contributed by atoms with Crippen molar-refractivity contribution < 1.29 is 9.59 Å². The third-order valence-electron chi connectivity index (χ3n) is 6.25. The lowest BCUT2D eigenvalue weighted by Crippen LogP contribution is -2.31. The number of amides is 2. The maximum atomic E-state index is 11.7. The van der Waals surface area contributed by atoms with Crippen LogP contribution in [0.15, 0.2) is 54.7 Å². The minimum absolute atomic E-state index is 0.156. The minimum atomic E-state index is -0.588. The minimum Gasteiger partial charge on any atom is -0.366 e. The van der Waals surface area contributed by atoms with E-state index in [1.807, 2.05) is 64.3 Å². The molecule has 1 fully saturated rings. The number of aromatic nitrogens is 2. The summed E-state index contributed by atoms with van der Waals surface area (Å²) in [6.45, 7) is 11.0. The number of hydrogen-bond acceptors (Lipinski definition) is 7. The highest BCUT2D eigenvalue weighted by Crippen LogP contribution is 2.23. The van der Waals surface area contributed by atoms with Crippen LogP contribution in [0.1, 0.15) is 84.8 Å². The Morgan fingerprint density at radius 1 is 0.925 bits per heavy atom. The van der Waals surface area contributed by atoms with Gasteiger partial charge in [0.15, 0.2) is 11.5 Å². The van der Waals surface area contributed by atoms with Gasteiger partial charge in [0.2, 0.25) is 5.91 Å². The fourth-order valence-electron chi connectivity index (χ4n) is 4.15. The molecule has 1 aliphatic rings. The van der Waals surface area contributed by atoms with Gasteiger partial charge in [0.1, 0.15) is 5.82 Å². The largest absolute Gasteiger partial charge is 0.366 e. The number of nitrogens with zero attached hydrogens (tertiary/aromatic N) is 4. The zero-order valence-electron chi connectivity index (χ0n) is 24.8. The van der Waals surface area contributed by atoms with Gasteiger partial charge in [-0.3, -0.25) is 9.59 Å². The van der Waals surface area contributed by atoms with Crippen LogP contribution >= 0.6 is 0 Å². The molecular weight excluding hydrogens is 502 g/mol. The van der Waals surface area contributed by atoms with Gasteiger partial charge >= 0.3 is 0 Å². The first-order valence-corrected chi connectivity index (χ1v) is 14.0. The third-order valence-corrected chi connectivity index (χ3v) is 6.25. The van der Waals surface area contributed by atoms with Gasteiger partial charge in [0, 0.05) is 30.9 Å². The van der Waals surface area contributed by atoms with Crippen molar-refractivity contribution in [2.45, 2.75) is 59.4 Å². The molecule has 40 heavy (non-hydrogen) atoms. The van der Waals surface area contributed by atoms with E-state index in [2.05, 4.69) is 38.9 Å². The van der Waals surface area contributed by atoms with Crippen molar-refractivity contribution in [3.05, 3.63) is 77.1 Å². The van der Waals surface area contributed by atoms with E-state index in [1.54, 1.807) is 18.3 Å². The summed E-state index contributed by atoms with van der Waals surface area (Å²) in [5.74, 6) is 0.717. The van der Waals surface area contributed by atoms with Gasteiger partial charge < -0.3 is 26.6 Å². The lowest BCUT2D eigenvalue weighted by Gasteiger charge is -2.27. The second kappa shape index (κ2) is 16.2. The molecule has 3 aromatic rings. The molecule has 2 aromatic carbocycles. The molecule has 1 saturated heterocycles. The standard InChI is InChI=1S/C19H26N6O.C10H13NO.C2H6/c1-24(2)13-14-6-8-15(9-7-14)22-19-17(18(20)26)21-12-16(23-19)25-10-4-3-5-11-25;1-7(2)8-3-5-9(6-4-8)10(11)12;1-2/h6-9,12H,3-5,10-11,13H2,1-2H3,(H2,20,26)(H,22,23);3-7H,1-2H3,(H2,11,12);1-2H3. The first kappa shape index (κ1) is 32.2. The topological polar surface area (TPSA) is 130 Å². The molecule has 2 amide bonds. The number of rotatable bonds is 8. The molecule has 1 aromatic heterocycles. The third kappa shape index (κ3) is 9.96. The lowest BCUT2D eigenvalue weighted by atomic mass is 10.0. The summed E-state index contributed by atoms with van der Waals surface area (Å²) >= 11 is 0. The van der Waals surface area contributed by atoms with Crippen LogP contribution in [-0.4, -0.2) is 53.9 Å². The SMILES string of the molecule is CC.CC(C)c1ccc(C(N)=O)cc1.CN(C)Cc1ccc(Nc2nc(N3CCCCC3)cnc2C(N)=O)cc1. The molecule has 0 bridgehead atoms. The molecular formula is C31H45N7O2. The van der Waals surface area contributed by atoms with Gasteiger partial charge in [-0.15, -0.1) is 0 Å². The molecule has 1 aliphatic heterocycles. The van der Waals surface area contributed by atoms with Gasteiger partial charge in [-0.2, -0.15) is 0 Å². The number of hydrogen-bond donors (Lipinski definition) is 3. The average Bonchev–Trinajstić information content (AvgIpc) is 2.95. The van der Waals surface area contributed by atoms with Gasteiger partial charge in [-0.25, -0.2) is 9.97 Å². The van der Waals surface area contributed by atoms with E-state index >= 15 is 0 Å². The molecule has 0 saturated carbocycles. The van der Waals surface area contributed by atoms with Crippen molar-refractivity contribution in [2.24, 2.45) is 11.5 Å². The molecule has 0 unspecified atom stereocenters. The van der Waals surface area contributed by atoms with Crippen molar-refractivity contribution in [3.8, 4) is 0 Å². The van der Waals surface area contributed by atoms with E-state index in [-0.39, 0.29) is 11.6 Å². The summed E-state index contributed by atoms with van der Waals surface area (Å²) in [7, 11) is 4.07. The van der Waals surface area contributed by atoms with Gasteiger partial charge in [-0.05, 0) is 74.7 Å². The Morgan fingerprint density at radius 2 is 1.52 bits per heavy atom. The molecule has 9 nitrogen and oxygen atoms in total. The quantitative estimate of drug-likeness (QED) is 0.348. The molecule has 0 radical (unpaired) electrons. The number of piperidine rings is 1. The number of benzene rings is 2. The number of carbonyl (C=O) groups is 2. The fraction of sp³-hybridized carbons (Fsp3) is 0.419. The molecule has 216 valence electrons. The van der Waals surface area contributed by atoms with Crippen LogP contribution in [0.25, 0.3) is 0 Å². The van der Waals surface area contributed by atoms with Crippen LogP contribution in [0, 0.1) is 0 Å². The Labute approximate surface area is 239 Å². The van der Waals surface area contributed by atoms with Crippen molar-refractivity contribution >= 4 is 29.1 Å². The van der Waals surface area contributed by atoms with Gasteiger partial charge in [-0.1, -0.05) is 52.0 Å². The highest BCUT2D eigenvalue weighted by molar-refractivity contribution is 5.96. The molecule has 5 N–H and O–H groups in total. The molecule has 0 spiro atoms. The Balaban J connectivity index is 0.000000336. The van der Waals surface area contributed by atoms with E-state index in [0.29, 0.717) is 17.3 Å². The lowest BCUT2D eigenvalue weighted by molar-refractivity contribution is 0.0989. The number of anilines is 3. The van der Waals surface area contributed by atoms with Crippen LogP contribution in [0.2, 0.25) is 0 Å². The normalized spacial score (nSPS) is 12.7. The predicted octanol–water partition coefficient (Wildman–Crippen LogP) is 5.31. The monoisotopic (exact) mass is 547 g/mol. The summed E-state index contributed by atoms with van der Waals surface area (Å²) in [5.41, 5.74) is 14.6. The summed E-state index contributed by atoms with van der Waals surface area (Å²) < 4.78 is 0. The zero-order chi connectivity index (χ0) is 29.7. The molecule has 9 heteroatoms. The fourth-order valence-corrected chi connectivity index (χ4v) is 4.15. The molecule has 4 rings (SSSR count). The Hall–Kier alpha value is -3.98. The van der Waals surface area contributed by atoms with Crippen molar-refractivity contribution in [1.29, 1.82) is 0 Å². The summed E-state index contributed by atoms with van der Waals surface area (Å²) in [6.07, 6.45) is 5.18. The number of nitrogens with two attached hydrogens (primary N) is 2. The molecule has 2 heterocycles. The van der Waals surface area contributed by atoms with Gasteiger partial charge in [0.25, 0.3) is 5.91 Å². The maximum absolute atomic E-state index is 11.7. The highest BCUT2D eigenvalue weighted by Gasteiger charge is 2.18. The zero-order valence-corrected chi connectivity index (χ0v) is 24.8. The second-order valence-corrected chi connectivity index (χ2v) is 10.0. The Morgan fingerprint density at radius 3 is 2.02 bits per heavy atom. The van der Waals surface area contributed by atoms with E-state index in [0.717, 1.165) is 44.0 Å². The average molecular weight is 548 g/mol. The van der Waals surface area contributed by atoms with Crippen LogP contribution in [-0.2, 0) is 6.54 Å². The number of carbonyl (C=O) groups excluding carboxylic acids is 2. The molecule has 0 atom stereocenters. The van der Waals surface area contributed by atoms with Crippen molar-refractivity contribution in [3.63, 3.8) is 0 Å². The van der Waals surface area contributed by atoms with E-state index < -0.39 is 5.91 Å². The van der Waals surface area contributed by atoms with E-state index in [9.17, 15) is 9.59 Å². The molecule has 0 aliphatic carbocycles. The first-order valence-electron chi connectivity index (χ1n) is 14.0. The highest BCUT2D eigenvalue weighted by atomic mass is 16.1. The summed E-state index contributed by atoms with van der Waals surface area (Å²) in [4.78, 5) is 35.6. The Kier molecular flexibility index (Phi) is 13.1. The van der Waals surface area contributed by atoms with Crippen LogP contribution in [0.5, 0.6) is 0 Å². The van der Waals surface area contributed by atoms with E-state index in [1.165, 1.54) is 17.5 Å². The van der Waals surface area contributed by atoms with Gasteiger partial charge in [0.05, 0.1) is 6.20 Å². The number of primary amides is 2. The number of nitrogens with one attached hydrogen (secondary N) is 1. The van der Waals surface area contributed by atoms with E-state index in [4.69, 9.17) is 11.5 Å². The Bertz CT molecular complexity index is 1200. The first-order chi connectivity index (χ1) is 19.1. The maximum Gasteiger partial charge on any atom is 0.271 e. The summed E-state index contributed by atoms with van der Waals surface area (Å²) in [5, 5.41) is 3.20. The van der Waals surface area contributed by atoms with Crippen molar-refractivity contribution in [1.82, 2.24) is 14.9 Å². The van der Waals surface area contributed by atoms with Crippen LogP contribution < -0.4 is 21.7 Å². The predicted molar refractivity (Wildman–Crippen MR) is 164 cm³/mol. The van der Waals surface area contributed by atoms with Crippen LogP contribution in [0.4, 0.5) is 17.3 Å². The van der Waals surface area contributed by atoms with Crippen LogP contribution in [0.3, 0.4) is 0 Å². The summed E-state index contributed by atoms with van der Waals surface area (Å²) in [6, 6.07) is 15.4. The van der Waals surface area contributed by atoms with Crippen molar-refractivity contribution in [2.75, 3.05) is 37.4 Å². The second-order valence-electron chi connectivity index (χ2n) is 10.0.